The number of alkyl halides is 3. The highest BCUT2D eigenvalue weighted by molar-refractivity contribution is 14.1. The van der Waals surface area contributed by atoms with Crippen LogP contribution in [-0.2, 0) is 6.18 Å². The van der Waals surface area contributed by atoms with Crippen LogP contribution in [0.15, 0.2) is 12.1 Å². The number of rotatable bonds is 1. The molecule has 1 aromatic carbocycles. The smallest absolute Gasteiger partial charge is 0.276 e. The zero-order valence-corrected chi connectivity index (χ0v) is 10.3. The van der Waals surface area contributed by atoms with Crippen LogP contribution in [0.2, 0.25) is 0 Å². The molecule has 1 aromatic rings. The van der Waals surface area contributed by atoms with E-state index in [-0.39, 0.29) is 9.13 Å². The van der Waals surface area contributed by atoms with Crippen molar-refractivity contribution in [1.29, 1.82) is 5.26 Å². The topological polar surface area (TPSA) is 40.9 Å². The van der Waals surface area contributed by atoms with Gasteiger partial charge in [0.25, 0.3) is 5.24 Å². The van der Waals surface area contributed by atoms with Gasteiger partial charge in [-0.2, -0.15) is 18.4 Å². The van der Waals surface area contributed by atoms with Crippen molar-refractivity contribution in [3.8, 4) is 6.07 Å². The molecule has 0 radical (unpaired) electrons. The number of carbonyl (C=O) groups is 1. The standard InChI is InChI=1S/C9H2ClF3INO/c10-8(16)5-1-4(9(11,12)13)2-7(14)6(5)3-15/h1-2H. The molecule has 84 valence electrons. The lowest BCUT2D eigenvalue weighted by atomic mass is 10.1. The maximum Gasteiger partial charge on any atom is 0.416 e. The first-order valence-corrected chi connectivity index (χ1v) is 5.23. The van der Waals surface area contributed by atoms with Gasteiger partial charge >= 0.3 is 6.18 Å². The minimum atomic E-state index is -4.57. The number of carbonyl (C=O) groups excluding carboxylic acids is 1. The molecule has 0 N–H and O–H groups in total. The second kappa shape index (κ2) is 4.59. The van der Waals surface area contributed by atoms with Crippen molar-refractivity contribution in [3.63, 3.8) is 0 Å². The molecule has 0 spiro atoms. The summed E-state index contributed by atoms with van der Waals surface area (Å²) in [6, 6.07) is 3.02. The van der Waals surface area contributed by atoms with Crippen LogP contribution >= 0.6 is 34.2 Å². The van der Waals surface area contributed by atoms with Crippen LogP contribution in [0.5, 0.6) is 0 Å². The lowest BCUT2D eigenvalue weighted by Crippen LogP contribution is -2.09. The van der Waals surface area contributed by atoms with Gasteiger partial charge in [0.05, 0.1) is 16.7 Å². The van der Waals surface area contributed by atoms with Crippen LogP contribution in [0.1, 0.15) is 21.5 Å². The van der Waals surface area contributed by atoms with E-state index in [1.165, 1.54) is 0 Å². The second-order valence-corrected chi connectivity index (χ2v) is 4.27. The average molecular weight is 359 g/mol. The van der Waals surface area contributed by atoms with Gasteiger partial charge in [-0.3, -0.25) is 4.79 Å². The predicted octanol–water partition coefficient (Wildman–Crippen LogP) is 3.56. The Morgan fingerprint density at radius 2 is 2.00 bits per heavy atom. The molecule has 0 atom stereocenters. The molecular formula is C9H2ClF3INO. The van der Waals surface area contributed by atoms with Crippen LogP contribution in [-0.4, -0.2) is 5.24 Å². The van der Waals surface area contributed by atoms with Crippen molar-refractivity contribution < 1.29 is 18.0 Å². The molecule has 0 aliphatic rings. The van der Waals surface area contributed by atoms with Crippen LogP contribution in [0.3, 0.4) is 0 Å². The van der Waals surface area contributed by atoms with Crippen molar-refractivity contribution in [1.82, 2.24) is 0 Å². The summed E-state index contributed by atoms with van der Waals surface area (Å²) >= 11 is 6.67. The van der Waals surface area contributed by atoms with Crippen molar-refractivity contribution >= 4 is 39.4 Å². The molecule has 0 saturated carbocycles. The summed E-state index contributed by atoms with van der Waals surface area (Å²) in [5.74, 6) is 0. The van der Waals surface area contributed by atoms with E-state index in [2.05, 4.69) is 0 Å². The van der Waals surface area contributed by atoms with Crippen molar-refractivity contribution in [2.45, 2.75) is 6.18 Å². The van der Waals surface area contributed by atoms with E-state index in [9.17, 15) is 18.0 Å². The zero-order valence-electron chi connectivity index (χ0n) is 7.40. The lowest BCUT2D eigenvalue weighted by Gasteiger charge is -2.09. The van der Waals surface area contributed by atoms with Gasteiger partial charge < -0.3 is 0 Å². The molecule has 0 saturated heterocycles. The fourth-order valence-corrected chi connectivity index (χ4v) is 1.93. The van der Waals surface area contributed by atoms with Gasteiger partial charge in [0.15, 0.2) is 0 Å². The lowest BCUT2D eigenvalue weighted by molar-refractivity contribution is -0.137. The maximum absolute atomic E-state index is 12.4. The Labute approximate surface area is 107 Å². The van der Waals surface area contributed by atoms with E-state index in [1.807, 2.05) is 0 Å². The Morgan fingerprint density at radius 3 is 2.38 bits per heavy atom. The number of hydrogen-bond acceptors (Lipinski definition) is 2. The third-order valence-electron chi connectivity index (χ3n) is 1.74. The first-order chi connectivity index (χ1) is 7.27. The van der Waals surface area contributed by atoms with Gasteiger partial charge in [-0.15, -0.1) is 0 Å². The van der Waals surface area contributed by atoms with Crippen LogP contribution in [0.25, 0.3) is 0 Å². The molecule has 0 aliphatic heterocycles. The Morgan fingerprint density at radius 1 is 1.44 bits per heavy atom. The van der Waals surface area contributed by atoms with Crippen LogP contribution in [0, 0.1) is 14.9 Å². The Hall–Kier alpha value is -0.810. The molecule has 0 heterocycles. The largest absolute Gasteiger partial charge is 0.416 e. The molecule has 0 fully saturated rings. The monoisotopic (exact) mass is 359 g/mol. The first kappa shape index (κ1) is 13.3. The highest BCUT2D eigenvalue weighted by Crippen LogP contribution is 2.33. The molecule has 0 aliphatic carbocycles. The van der Waals surface area contributed by atoms with Crippen LogP contribution in [0.4, 0.5) is 13.2 Å². The van der Waals surface area contributed by atoms with Gasteiger partial charge in [-0.25, -0.2) is 0 Å². The van der Waals surface area contributed by atoms with E-state index in [0.29, 0.717) is 6.07 Å². The average Bonchev–Trinajstić information content (AvgIpc) is 2.14. The Kier molecular flexibility index (Phi) is 3.80. The first-order valence-electron chi connectivity index (χ1n) is 3.78. The number of hydrogen-bond donors (Lipinski definition) is 0. The highest BCUT2D eigenvalue weighted by Gasteiger charge is 2.32. The van der Waals surface area contributed by atoms with Gasteiger partial charge in [0.2, 0.25) is 0 Å². The summed E-state index contributed by atoms with van der Waals surface area (Å²) in [4.78, 5) is 10.9. The SMILES string of the molecule is N#Cc1c(I)cc(C(F)(F)F)cc1C(=O)Cl. The van der Waals surface area contributed by atoms with E-state index in [0.717, 1.165) is 6.07 Å². The Bertz CT molecular complexity index is 493. The number of halogens is 5. The summed E-state index contributed by atoms with van der Waals surface area (Å²) in [6.07, 6.45) is -4.57. The van der Waals surface area contributed by atoms with Gasteiger partial charge in [0, 0.05) is 3.57 Å². The predicted molar refractivity (Wildman–Crippen MR) is 59.1 cm³/mol. The van der Waals surface area contributed by atoms with Gasteiger partial charge in [-0.05, 0) is 46.3 Å². The fourth-order valence-electron chi connectivity index (χ4n) is 1.04. The minimum absolute atomic E-state index is 0.0407. The molecule has 0 bridgehead atoms. The summed E-state index contributed by atoms with van der Waals surface area (Å²) in [7, 11) is 0. The molecular weight excluding hydrogens is 357 g/mol. The van der Waals surface area contributed by atoms with Crippen LogP contribution < -0.4 is 0 Å². The molecule has 0 unspecified atom stereocenters. The van der Waals surface area contributed by atoms with Gasteiger partial charge in [0.1, 0.15) is 6.07 Å². The minimum Gasteiger partial charge on any atom is -0.276 e. The summed E-state index contributed by atoms with van der Waals surface area (Å²) in [5, 5.41) is 7.61. The third kappa shape index (κ3) is 2.65. The quantitative estimate of drug-likeness (QED) is 0.568. The highest BCUT2D eigenvalue weighted by atomic mass is 127. The molecule has 0 aromatic heterocycles. The molecule has 16 heavy (non-hydrogen) atoms. The third-order valence-corrected chi connectivity index (χ3v) is 2.80. The fraction of sp³-hybridized carbons (Fsp3) is 0.111. The second-order valence-electron chi connectivity index (χ2n) is 2.76. The molecule has 7 heteroatoms. The van der Waals surface area contributed by atoms with Crippen molar-refractivity contribution in [3.05, 3.63) is 32.4 Å². The normalized spacial score (nSPS) is 11.0. The summed E-state index contributed by atoms with van der Waals surface area (Å²) in [6.45, 7) is 0. The molecule has 2 nitrogen and oxygen atoms in total. The zero-order chi connectivity index (χ0) is 12.5. The van der Waals surface area contributed by atoms with Crippen molar-refractivity contribution in [2.24, 2.45) is 0 Å². The maximum atomic E-state index is 12.4. The van der Waals surface area contributed by atoms with E-state index >= 15 is 0 Å². The van der Waals surface area contributed by atoms with Crippen molar-refractivity contribution in [2.75, 3.05) is 0 Å². The number of benzene rings is 1. The summed E-state index contributed by atoms with van der Waals surface area (Å²) in [5.41, 5.74) is -1.57. The Balaban J connectivity index is 3.54. The number of nitrogens with zero attached hydrogens (tertiary/aromatic N) is 1. The van der Waals surface area contributed by atoms with E-state index in [1.54, 1.807) is 28.7 Å². The number of nitriles is 1. The summed E-state index contributed by atoms with van der Waals surface area (Å²) < 4.78 is 37.3. The van der Waals surface area contributed by atoms with Gasteiger partial charge in [-0.1, -0.05) is 0 Å². The van der Waals surface area contributed by atoms with E-state index < -0.39 is 22.5 Å². The molecule has 1 rings (SSSR count). The van der Waals surface area contributed by atoms with E-state index in [4.69, 9.17) is 16.9 Å². The molecule has 0 amide bonds.